The van der Waals surface area contributed by atoms with Gasteiger partial charge in [-0.3, -0.25) is 9.67 Å². The van der Waals surface area contributed by atoms with E-state index in [2.05, 4.69) is 51.9 Å². The van der Waals surface area contributed by atoms with Crippen LogP contribution < -0.4 is 15.4 Å². The van der Waals surface area contributed by atoms with Gasteiger partial charge >= 0.3 is 0 Å². The van der Waals surface area contributed by atoms with Crippen molar-refractivity contribution in [2.24, 2.45) is 4.99 Å². The number of ether oxygens (including phenoxy) is 1. The lowest BCUT2D eigenvalue weighted by molar-refractivity contribution is 0.298. The number of hydrogen-bond donors (Lipinski definition) is 2. The number of aryl methyl sites for hydroxylation is 1. The highest BCUT2D eigenvalue weighted by Crippen LogP contribution is 2.20. The molecule has 0 amide bonds. The molecule has 1 aromatic heterocycles. The fourth-order valence-electron chi connectivity index (χ4n) is 2.72. The van der Waals surface area contributed by atoms with Gasteiger partial charge in [-0.15, -0.1) is 24.0 Å². The van der Waals surface area contributed by atoms with Gasteiger partial charge in [-0.1, -0.05) is 12.1 Å². The molecule has 1 aromatic carbocycles. The summed E-state index contributed by atoms with van der Waals surface area (Å²) in [6.07, 6.45) is 4.76. The Kier molecular flexibility index (Phi) is 10.8. The number of nitrogens with one attached hydrogen (secondary N) is 2. The summed E-state index contributed by atoms with van der Waals surface area (Å²) in [5.74, 6) is 1.68. The first-order valence-electron chi connectivity index (χ1n) is 8.86. The first-order chi connectivity index (χ1) is 12.6. The second-order valence-electron chi connectivity index (χ2n) is 6.26. The molecule has 7 nitrogen and oxygen atoms in total. The molecule has 2 aromatic rings. The predicted octanol–water partition coefficient (Wildman–Crippen LogP) is 2.37. The van der Waals surface area contributed by atoms with E-state index in [9.17, 15) is 0 Å². The van der Waals surface area contributed by atoms with Gasteiger partial charge in [0.05, 0.1) is 13.2 Å². The Hall–Kier alpha value is -1.81. The molecule has 0 spiro atoms. The predicted molar refractivity (Wildman–Crippen MR) is 121 cm³/mol. The zero-order valence-corrected chi connectivity index (χ0v) is 18.9. The van der Waals surface area contributed by atoms with Crippen LogP contribution in [0, 0.1) is 0 Å². The standard InChI is InChI=1S/C19H30N6O.HI/c1-20-19(21-11-5-13-25-14-6-12-23-25)22-15-18(24(2)3)16-7-9-17(26-4)10-8-16;/h6-10,12,14,18H,5,11,13,15H2,1-4H3,(H2,20,21,22);1H. The van der Waals surface area contributed by atoms with Gasteiger partial charge in [0, 0.05) is 39.1 Å². The van der Waals surface area contributed by atoms with E-state index in [1.807, 2.05) is 29.1 Å². The normalized spacial score (nSPS) is 12.4. The van der Waals surface area contributed by atoms with Gasteiger partial charge in [0.1, 0.15) is 5.75 Å². The number of aromatic nitrogens is 2. The Bertz CT molecular complexity index is 657. The molecule has 2 N–H and O–H groups in total. The van der Waals surface area contributed by atoms with Gasteiger partial charge < -0.3 is 20.3 Å². The van der Waals surface area contributed by atoms with Crippen molar-refractivity contribution in [1.82, 2.24) is 25.3 Å². The summed E-state index contributed by atoms with van der Waals surface area (Å²) in [5.41, 5.74) is 1.23. The Labute approximate surface area is 179 Å². The van der Waals surface area contributed by atoms with Crippen LogP contribution in [0.1, 0.15) is 18.0 Å². The van der Waals surface area contributed by atoms with Crippen molar-refractivity contribution < 1.29 is 4.74 Å². The summed E-state index contributed by atoms with van der Waals surface area (Å²) in [4.78, 5) is 6.50. The van der Waals surface area contributed by atoms with Crippen molar-refractivity contribution in [3.05, 3.63) is 48.3 Å². The van der Waals surface area contributed by atoms with Gasteiger partial charge in [-0.05, 0) is 44.3 Å². The number of guanidine groups is 1. The average molecular weight is 486 g/mol. The first kappa shape index (κ1) is 23.2. The van der Waals surface area contributed by atoms with Gasteiger partial charge in [0.2, 0.25) is 0 Å². The second kappa shape index (κ2) is 12.6. The Morgan fingerprint density at radius 3 is 2.56 bits per heavy atom. The molecule has 1 heterocycles. The number of methoxy groups -OCH3 is 1. The van der Waals surface area contributed by atoms with Gasteiger partial charge in [0.25, 0.3) is 0 Å². The maximum absolute atomic E-state index is 5.24. The van der Waals surface area contributed by atoms with Gasteiger partial charge in [0.15, 0.2) is 5.96 Å². The molecule has 0 aliphatic heterocycles. The number of halogens is 1. The van der Waals surface area contributed by atoms with Crippen LogP contribution >= 0.6 is 24.0 Å². The maximum Gasteiger partial charge on any atom is 0.191 e. The van der Waals surface area contributed by atoms with Gasteiger partial charge in [-0.25, -0.2) is 0 Å². The maximum atomic E-state index is 5.24. The molecule has 0 aliphatic rings. The van der Waals surface area contributed by atoms with E-state index in [-0.39, 0.29) is 30.0 Å². The van der Waals surface area contributed by atoms with Crippen molar-refractivity contribution in [3.63, 3.8) is 0 Å². The molecule has 0 saturated heterocycles. The third kappa shape index (κ3) is 7.76. The zero-order valence-electron chi connectivity index (χ0n) is 16.6. The summed E-state index contributed by atoms with van der Waals surface area (Å²) in [7, 11) is 7.64. The fraction of sp³-hybridized carbons (Fsp3) is 0.474. The van der Waals surface area contributed by atoms with E-state index in [1.165, 1.54) is 5.56 Å². The van der Waals surface area contributed by atoms with Crippen LogP contribution in [0.25, 0.3) is 0 Å². The quantitative estimate of drug-likeness (QED) is 0.247. The number of hydrogen-bond acceptors (Lipinski definition) is 4. The lowest BCUT2D eigenvalue weighted by Gasteiger charge is -2.26. The van der Waals surface area contributed by atoms with Crippen LogP contribution in [-0.2, 0) is 6.54 Å². The topological polar surface area (TPSA) is 66.7 Å². The number of nitrogens with zero attached hydrogens (tertiary/aromatic N) is 4. The van der Waals surface area contributed by atoms with Crippen molar-refractivity contribution in [3.8, 4) is 5.75 Å². The van der Waals surface area contributed by atoms with Crippen LogP contribution in [0.2, 0.25) is 0 Å². The highest BCUT2D eigenvalue weighted by molar-refractivity contribution is 14.0. The lowest BCUT2D eigenvalue weighted by Crippen LogP contribution is -2.42. The molecule has 1 atom stereocenters. The second-order valence-corrected chi connectivity index (χ2v) is 6.26. The summed E-state index contributed by atoms with van der Waals surface area (Å²) in [6.45, 7) is 2.50. The van der Waals surface area contributed by atoms with Crippen LogP contribution in [0.15, 0.2) is 47.7 Å². The van der Waals surface area contributed by atoms with E-state index >= 15 is 0 Å². The number of likely N-dealkylation sites (N-methyl/N-ethyl adjacent to an activating group) is 1. The number of benzene rings is 1. The van der Waals surface area contributed by atoms with Crippen molar-refractivity contribution >= 4 is 29.9 Å². The van der Waals surface area contributed by atoms with Crippen molar-refractivity contribution in [1.29, 1.82) is 0 Å². The molecule has 8 heteroatoms. The summed E-state index contributed by atoms with van der Waals surface area (Å²) in [6, 6.07) is 10.4. The molecular formula is C19H31IN6O. The zero-order chi connectivity index (χ0) is 18.8. The van der Waals surface area contributed by atoms with E-state index in [4.69, 9.17) is 4.74 Å². The third-order valence-electron chi connectivity index (χ3n) is 4.23. The largest absolute Gasteiger partial charge is 0.497 e. The molecule has 150 valence electrons. The molecule has 0 fully saturated rings. The SMILES string of the molecule is CN=C(NCCCn1cccn1)NCC(c1ccc(OC)cc1)N(C)C.I. The molecule has 0 bridgehead atoms. The minimum absolute atomic E-state index is 0. The minimum atomic E-state index is 0. The van der Waals surface area contributed by atoms with E-state index in [1.54, 1.807) is 20.4 Å². The molecule has 1 unspecified atom stereocenters. The van der Waals surface area contributed by atoms with Crippen LogP contribution in [0.3, 0.4) is 0 Å². The van der Waals surface area contributed by atoms with Crippen LogP contribution in [-0.4, -0.2) is 62.0 Å². The summed E-state index contributed by atoms with van der Waals surface area (Å²) < 4.78 is 7.18. The van der Waals surface area contributed by atoms with E-state index < -0.39 is 0 Å². The molecule has 0 saturated carbocycles. The Morgan fingerprint density at radius 1 is 1.26 bits per heavy atom. The van der Waals surface area contributed by atoms with Crippen LogP contribution in [0.4, 0.5) is 0 Å². The van der Waals surface area contributed by atoms with Crippen molar-refractivity contribution in [2.45, 2.75) is 19.0 Å². The molecule has 0 radical (unpaired) electrons. The van der Waals surface area contributed by atoms with E-state index in [0.717, 1.165) is 37.8 Å². The summed E-state index contributed by atoms with van der Waals surface area (Å²) >= 11 is 0. The van der Waals surface area contributed by atoms with Crippen molar-refractivity contribution in [2.75, 3.05) is 41.3 Å². The van der Waals surface area contributed by atoms with Crippen LogP contribution in [0.5, 0.6) is 5.75 Å². The lowest BCUT2D eigenvalue weighted by atomic mass is 10.1. The highest BCUT2D eigenvalue weighted by atomic mass is 127. The smallest absolute Gasteiger partial charge is 0.191 e. The van der Waals surface area contributed by atoms with Gasteiger partial charge in [-0.2, -0.15) is 5.10 Å². The highest BCUT2D eigenvalue weighted by Gasteiger charge is 2.14. The molecule has 2 rings (SSSR count). The fourth-order valence-corrected chi connectivity index (χ4v) is 2.72. The first-order valence-corrected chi connectivity index (χ1v) is 8.86. The molecular weight excluding hydrogens is 455 g/mol. The molecule has 0 aliphatic carbocycles. The van der Waals surface area contributed by atoms with E-state index in [0.29, 0.717) is 0 Å². The third-order valence-corrected chi connectivity index (χ3v) is 4.23. The Morgan fingerprint density at radius 2 is 2.00 bits per heavy atom. The number of rotatable bonds is 9. The summed E-state index contributed by atoms with van der Waals surface area (Å²) in [5, 5.41) is 11.0. The average Bonchev–Trinajstić information content (AvgIpc) is 3.17. The molecule has 27 heavy (non-hydrogen) atoms. The minimum Gasteiger partial charge on any atom is -0.497 e. The monoisotopic (exact) mass is 486 g/mol. The number of aliphatic imine (C=N–C) groups is 1. The Balaban J connectivity index is 0.00000364.